The standard InChI is InChI=1S/C25H28F3N5O3/c1-14(34-4)24(6-7-24)13-36-20-10-17-18(11-19(20)35-5)31-15(2)32-23(17)30-12-16-8-21(25(26,27)28)33-22(9-16)29-3/h8-11,14H,3,6-7,12-13H2,1-2,4-5H3,(H,30,31,32). The van der Waals surface area contributed by atoms with E-state index in [4.69, 9.17) is 14.2 Å². The van der Waals surface area contributed by atoms with Crippen LogP contribution >= 0.6 is 0 Å². The Morgan fingerprint density at radius 3 is 2.47 bits per heavy atom. The Morgan fingerprint density at radius 1 is 1.11 bits per heavy atom. The summed E-state index contributed by atoms with van der Waals surface area (Å²) in [4.78, 5) is 16.0. The first-order valence-corrected chi connectivity index (χ1v) is 11.4. The number of ether oxygens (including phenoxy) is 3. The minimum Gasteiger partial charge on any atom is -0.493 e. The molecule has 0 amide bonds. The number of rotatable bonds is 10. The van der Waals surface area contributed by atoms with Gasteiger partial charge in [0.05, 0.1) is 25.3 Å². The highest BCUT2D eigenvalue weighted by Crippen LogP contribution is 2.50. The van der Waals surface area contributed by atoms with Crippen molar-refractivity contribution in [1.29, 1.82) is 0 Å². The lowest BCUT2D eigenvalue weighted by Crippen LogP contribution is -2.27. The minimum absolute atomic E-state index is 0.0337. The second kappa shape index (κ2) is 9.88. The Labute approximate surface area is 206 Å². The maximum atomic E-state index is 13.3. The van der Waals surface area contributed by atoms with Crippen molar-refractivity contribution in [3.8, 4) is 11.5 Å². The zero-order chi connectivity index (χ0) is 26.1. The van der Waals surface area contributed by atoms with Gasteiger partial charge in [-0.1, -0.05) is 0 Å². The van der Waals surface area contributed by atoms with Gasteiger partial charge in [-0.2, -0.15) is 13.2 Å². The number of fused-ring (bicyclic) bond motifs is 1. The number of pyridine rings is 1. The molecule has 1 fully saturated rings. The van der Waals surface area contributed by atoms with Crippen LogP contribution in [0, 0.1) is 12.3 Å². The maximum absolute atomic E-state index is 13.3. The Morgan fingerprint density at radius 2 is 1.86 bits per heavy atom. The second-order valence-corrected chi connectivity index (χ2v) is 8.90. The number of aromatic nitrogens is 3. The largest absolute Gasteiger partial charge is 0.493 e. The monoisotopic (exact) mass is 503 g/mol. The molecule has 1 aromatic carbocycles. The summed E-state index contributed by atoms with van der Waals surface area (Å²) in [7, 11) is 3.24. The molecule has 2 aromatic heterocycles. The molecule has 1 saturated carbocycles. The van der Waals surface area contributed by atoms with Gasteiger partial charge in [-0.15, -0.1) is 0 Å². The van der Waals surface area contributed by atoms with Gasteiger partial charge in [0.15, 0.2) is 17.3 Å². The Kier molecular flexibility index (Phi) is 7.03. The third-order valence-corrected chi connectivity index (χ3v) is 6.50. The SMILES string of the molecule is C=Nc1cc(CNc2nc(C)nc3cc(OC)c(OCC4(C(C)OC)CC4)cc23)cc(C(F)(F)F)n1. The van der Waals surface area contributed by atoms with Crippen molar-refractivity contribution in [2.24, 2.45) is 10.4 Å². The number of nitrogens with one attached hydrogen (secondary N) is 1. The number of nitrogens with zero attached hydrogens (tertiary/aromatic N) is 4. The molecule has 36 heavy (non-hydrogen) atoms. The number of aryl methyl sites for hydroxylation is 1. The fraction of sp³-hybridized carbons (Fsp3) is 0.440. The van der Waals surface area contributed by atoms with E-state index in [9.17, 15) is 13.2 Å². The number of anilines is 1. The summed E-state index contributed by atoms with van der Waals surface area (Å²) in [5, 5.41) is 3.77. The molecule has 0 spiro atoms. The molecule has 0 radical (unpaired) electrons. The molecule has 0 saturated heterocycles. The average Bonchev–Trinajstić information content (AvgIpc) is 3.65. The van der Waals surface area contributed by atoms with Crippen molar-refractivity contribution in [2.75, 3.05) is 26.1 Å². The van der Waals surface area contributed by atoms with Gasteiger partial charge in [-0.3, -0.25) is 0 Å². The van der Waals surface area contributed by atoms with Crippen LogP contribution in [0.25, 0.3) is 10.9 Å². The second-order valence-electron chi connectivity index (χ2n) is 8.90. The van der Waals surface area contributed by atoms with E-state index in [0.717, 1.165) is 18.9 Å². The summed E-state index contributed by atoms with van der Waals surface area (Å²) in [6.45, 7) is 7.58. The molecule has 8 nitrogen and oxygen atoms in total. The van der Waals surface area contributed by atoms with Crippen molar-refractivity contribution in [2.45, 2.75) is 45.5 Å². The molecule has 1 N–H and O–H groups in total. The molecule has 1 unspecified atom stereocenters. The van der Waals surface area contributed by atoms with Crippen LogP contribution in [-0.2, 0) is 17.5 Å². The number of hydrogen-bond donors (Lipinski definition) is 1. The van der Waals surface area contributed by atoms with Crippen LogP contribution in [0.5, 0.6) is 11.5 Å². The molecule has 3 aromatic rings. The summed E-state index contributed by atoms with van der Waals surface area (Å²) in [5.74, 6) is 1.89. The van der Waals surface area contributed by atoms with E-state index in [0.29, 0.717) is 46.2 Å². The molecule has 1 aliphatic rings. The molecule has 1 atom stereocenters. The van der Waals surface area contributed by atoms with Crippen molar-refractivity contribution >= 4 is 29.3 Å². The van der Waals surface area contributed by atoms with Crippen molar-refractivity contribution in [3.63, 3.8) is 0 Å². The van der Waals surface area contributed by atoms with Crippen LogP contribution in [0.2, 0.25) is 0 Å². The van der Waals surface area contributed by atoms with Gasteiger partial charge >= 0.3 is 6.18 Å². The molecule has 1 aliphatic carbocycles. The van der Waals surface area contributed by atoms with Crippen LogP contribution in [0.4, 0.5) is 24.8 Å². The quantitative estimate of drug-likeness (QED) is 0.366. The fourth-order valence-electron chi connectivity index (χ4n) is 4.05. The summed E-state index contributed by atoms with van der Waals surface area (Å²) in [5.41, 5.74) is -0.126. The first kappa shape index (κ1) is 25.6. The number of aliphatic imine (C=N–C) groups is 1. The lowest BCUT2D eigenvalue weighted by molar-refractivity contribution is -0.141. The molecule has 0 bridgehead atoms. The van der Waals surface area contributed by atoms with E-state index in [1.807, 2.05) is 6.92 Å². The average molecular weight is 504 g/mol. The zero-order valence-corrected chi connectivity index (χ0v) is 20.6. The van der Waals surface area contributed by atoms with E-state index < -0.39 is 11.9 Å². The molecule has 2 heterocycles. The van der Waals surface area contributed by atoms with E-state index in [-0.39, 0.29) is 23.9 Å². The van der Waals surface area contributed by atoms with E-state index >= 15 is 0 Å². The van der Waals surface area contributed by atoms with Crippen LogP contribution < -0.4 is 14.8 Å². The normalized spacial score (nSPS) is 15.4. The van der Waals surface area contributed by atoms with E-state index in [1.54, 1.807) is 33.3 Å². The molecule has 11 heteroatoms. The summed E-state index contributed by atoms with van der Waals surface area (Å²) in [6, 6.07) is 5.96. The summed E-state index contributed by atoms with van der Waals surface area (Å²) >= 11 is 0. The number of halogens is 3. The Balaban J connectivity index is 1.64. The lowest BCUT2D eigenvalue weighted by Gasteiger charge is -2.23. The molecule has 4 rings (SSSR count). The van der Waals surface area contributed by atoms with Gasteiger partial charge in [0.1, 0.15) is 17.3 Å². The van der Waals surface area contributed by atoms with Gasteiger partial charge in [-0.25, -0.2) is 19.9 Å². The number of hydrogen-bond acceptors (Lipinski definition) is 8. The van der Waals surface area contributed by atoms with Crippen molar-refractivity contribution < 1.29 is 27.4 Å². The molecular formula is C25H28F3N5O3. The Hall–Kier alpha value is -3.47. The van der Waals surface area contributed by atoms with Crippen molar-refractivity contribution in [3.05, 3.63) is 41.3 Å². The highest BCUT2D eigenvalue weighted by atomic mass is 19.4. The van der Waals surface area contributed by atoms with Gasteiger partial charge in [-0.05, 0) is 57.2 Å². The van der Waals surface area contributed by atoms with Crippen LogP contribution in [0.1, 0.15) is 36.8 Å². The third-order valence-electron chi connectivity index (χ3n) is 6.50. The highest BCUT2D eigenvalue weighted by molar-refractivity contribution is 5.91. The number of methoxy groups -OCH3 is 2. The topological polar surface area (TPSA) is 90.8 Å². The predicted molar refractivity (Wildman–Crippen MR) is 130 cm³/mol. The van der Waals surface area contributed by atoms with E-state index in [2.05, 4.69) is 32.0 Å². The highest BCUT2D eigenvalue weighted by Gasteiger charge is 2.48. The first-order chi connectivity index (χ1) is 17.1. The molecular weight excluding hydrogens is 475 g/mol. The first-order valence-electron chi connectivity index (χ1n) is 11.4. The maximum Gasteiger partial charge on any atom is 0.433 e. The molecule has 0 aliphatic heterocycles. The summed E-state index contributed by atoms with van der Waals surface area (Å²) in [6.07, 6.45) is -2.51. The number of alkyl halides is 3. The predicted octanol–water partition coefficient (Wildman–Crippen LogP) is 5.50. The smallest absolute Gasteiger partial charge is 0.433 e. The van der Waals surface area contributed by atoms with Gasteiger partial charge in [0.2, 0.25) is 0 Å². The van der Waals surface area contributed by atoms with Gasteiger partial charge in [0, 0.05) is 30.5 Å². The van der Waals surface area contributed by atoms with Crippen LogP contribution in [0.15, 0.2) is 29.3 Å². The van der Waals surface area contributed by atoms with Crippen LogP contribution in [0.3, 0.4) is 0 Å². The Bertz CT molecular complexity index is 1280. The zero-order valence-electron chi connectivity index (χ0n) is 20.6. The van der Waals surface area contributed by atoms with Gasteiger partial charge in [0.25, 0.3) is 0 Å². The molecule has 192 valence electrons. The lowest BCUT2D eigenvalue weighted by atomic mass is 10.0. The fourth-order valence-corrected chi connectivity index (χ4v) is 4.05. The minimum atomic E-state index is -4.60. The van der Waals surface area contributed by atoms with Gasteiger partial charge < -0.3 is 19.5 Å². The van der Waals surface area contributed by atoms with Crippen LogP contribution in [-0.4, -0.2) is 48.6 Å². The third kappa shape index (κ3) is 5.35. The summed E-state index contributed by atoms with van der Waals surface area (Å²) < 4.78 is 57.0. The van der Waals surface area contributed by atoms with Crippen molar-refractivity contribution in [1.82, 2.24) is 15.0 Å². The van der Waals surface area contributed by atoms with E-state index in [1.165, 1.54) is 6.07 Å². The number of benzene rings is 1.